The Labute approximate surface area is 103 Å². The first-order valence-electron chi connectivity index (χ1n) is 4.93. The number of nitriles is 1. The standard InChI is InChI=1S/C12H9N3OS/c13-7-10-5-6-14-15-12(10)17-11-3-1-9(8-16)2-4-11/h1-6,16H,8H2. The first kappa shape index (κ1) is 11.6. The Balaban J connectivity index is 2.23. The van der Waals surface area contributed by atoms with Gasteiger partial charge in [-0.05, 0) is 23.8 Å². The van der Waals surface area contributed by atoms with Gasteiger partial charge in [-0.3, -0.25) is 0 Å². The lowest BCUT2D eigenvalue weighted by Gasteiger charge is -2.02. The van der Waals surface area contributed by atoms with E-state index < -0.39 is 0 Å². The summed E-state index contributed by atoms with van der Waals surface area (Å²) in [5, 5.41) is 26.1. The van der Waals surface area contributed by atoms with E-state index in [-0.39, 0.29) is 6.61 Å². The number of hydrogen-bond acceptors (Lipinski definition) is 5. The van der Waals surface area contributed by atoms with Gasteiger partial charge in [-0.15, -0.1) is 5.10 Å². The molecule has 5 heteroatoms. The van der Waals surface area contributed by atoms with Gasteiger partial charge >= 0.3 is 0 Å². The zero-order valence-electron chi connectivity index (χ0n) is 8.87. The Hall–Kier alpha value is -1.90. The largest absolute Gasteiger partial charge is 0.392 e. The van der Waals surface area contributed by atoms with Gasteiger partial charge in [0.1, 0.15) is 11.1 Å². The van der Waals surface area contributed by atoms with Crippen LogP contribution in [-0.2, 0) is 6.61 Å². The SMILES string of the molecule is N#Cc1ccnnc1Sc1ccc(CO)cc1. The number of aliphatic hydroxyl groups excluding tert-OH is 1. The highest BCUT2D eigenvalue weighted by Gasteiger charge is 2.05. The Kier molecular flexibility index (Phi) is 3.70. The minimum Gasteiger partial charge on any atom is -0.392 e. The number of aromatic nitrogens is 2. The van der Waals surface area contributed by atoms with Crippen molar-refractivity contribution in [1.82, 2.24) is 10.2 Å². The van der Waals surface area contributed by atoms with E-state index in [9.17, 15) is 0 Å². The van der Waals surface area contributed by atoms with Crippen LogP contribution in [0.5, 0.6) is 0 Å². The molecule has 1 N–H and O–H groups in total. The maximum absolute atomic E-state index is 8.93. The molecule has 84 valence electrons. The van der Waals surface area contributed by atoms with E-state index in [2.05, 4.69) is 16.3 Å². The molecule has 0 saturated heterocycles. The second-order valence-corrected chi connectivity index (χ2v) is 4.33. The van der Waals surface area contributed by atoms with Crippen LogP contribution in [0.3, 0.4) is 0 Å². The first-order valence-corrected chi connectivity index (χ1v) is 5.74. The molecule has 0 saturated carbocycles. The zero-order valence-corrected chi connectivity index (χ0v) is 9.68. The molecule has 0 fully saturated rings. The van der Waals surface area contributed by atoms with Crippen LogP contribution in [0.4, 0.5) is 0 Å². The van der Waals surface area contributed by atoms with Crippen LogP contribution in [-0.4, -0.2) is 15.3 Å². The summed E-state index contributed by atoms with van der Waals surface area (Å²) >= 11 is 1.38. The van der Waals surface area contributed by atoms with Crippen LogP contribution in [0.2, 0.25) is 0 Å². The van der Waals surface area contributed by atoms with Crippen molar-refractivity contribution < 1.29 is 5.11 Å². The summed E-state index contributed by atoms with van der Waals surface area (Å²) in [5.74, 6) is 0. The number of rotatable bonds is 3. The van der Waals surface area contributed by atoms with E-state index in [4.69, 9.17) is 10.4 Å². The highest BCUT2D eigenvalue weighted by molar-refractivity contribution is 7.99. The maximum atomic E-state index is 8.93. The van der Waals surface area contributed by atoms with E-state index >= 15 is 0 Å². The van der Waals surface area contributed by atoms with Gasteiger partial charge in [0.05, 0.1) is 18.4 Å². The third-order valence-corrected chi connectivity index (χ3v) is 3.13. The van der Waals surface area contributed by atoms with E-state index in [1.54, 1.807) is 6.07 Å². The topological polar surface area (TPSA) is 69.8 Å². The summed E-state index contributed by atoms with van der Waals surface area (Å²) in [6.07, 6.45) is 1.50. The third kappa shape index (κ3) is 2.81. The Morgan fingerprint density at radius 1 is 1.24 bits per heavy atom. The van der Waals surface area contributed by atoms with Crippen molar-refractivity contribution in [2.24, 2.45) is 0 Å². The van der Waals surface area contributed by atoms with Gasteiger partial charge < -0.3 is 5.11 Å². The molecule has 0 aliphatic carbocycles. The summed E-state index contributed by atoms with van der Waals surface area (Å²) in [6, 6.07) is 11.1. The average molecular weight is 243 g/mol. The Bertz CT molecular complexity index is 548. The van der Waals surface area contributed by atoms with E-state index in [1.807, 2.05) is 24.3 Å². The molecular weight excluding hydrogens is 234 g/mol. The van der Waals surface area contributed by atoms with Gasteiger partial charge in [0.15, 0.2) is 0 Å². The molecule has 0 atom stereocenters. The fourth-order valence-electron chi connectivity index (χ4n) is 1.25. The van der Waals surface area contributed by atoms with Gasteiger partial charge in [0, 0.05) is 4.90 Å². The van der Waals surface area contributed by atoms with Gasteiger partial charge in [0.2, 0.25) is 0 Å². The van der Waals surface area contributed by atoms with Crippen LogP contribution in [0.15, 0.2) is 46.5 Å². The molecule has 1 heterocycles. The maximum Gasteiger partial charge on any atom is 0.141 e. The molecule has 1 aromatic carbocycles. The minimum absolute atomic E-state index is 0.0273. The fraction of sp³-hybridized carbons (Fsp3) is 0.0833. The lowest BCUT2D eigenvalue weighted by Crippen LogP contribution is -1.89. The minimum atomic E-state index is 0.0273. The van der Waals surface area contributed by atoms with Crippen molar-refractivity contribution in [1.29, 1.82) is 5.26 Å². The number of benzene rings is 1. The highest BCUT2D eigenvalue weighted by Crippen LogP contribution is 2.27. The zero-order chi connectivity index (χ0) is 12.1. The molecule has 0 bridgehead atoms. The quantitative estimate of drug-likeness (QED) is 0.892. The molecule has 2 rings (SSSR count). The van der Waals surface area contributed by atoms with E-state index in [0.29, 0.717) is 10.6 Å². The van der Waals surface area contributed by atoms with Gasteiger partial charge in [-0.2, -0.15) is 10.4 Å². The number of nitrogens with zero attached hydrogens (tertiary/aromatic N) is 3. The Morgan fingerprint density at radius 2 is 2.00 bits per heavy atom. The predicted octanol–water partition coefficient (Wildman–Crippen LogP) is 1.99. The molecule has 2 aromatic rings. The summed E-state index contributed by atoms with van der Waals surface area (Å²) in [7, 11) is 0. The van der Waals surface area contributed by atoms with Crippen molar-refractivity contribution in [3.05, 3.63) is 47.7 Å². The van der Waals surface area contributed by atoms with Crippen molar-refractivity contribution >= 4 is 11.8 Å². The lowest BCUT2D eigenvalue weighted by atomic mass is 10.2. The smallest absolute Gasteiger partial charge is 0.141 e. The van der Waals surface area contributed by atoms with Crippen LogP contribution < -0.4 is 0 Å². The number of hydrogen-bond donors (Lipinski definition) is 1. The molecule has 0 spiro atoms. The Morgan fingerprint density at radius 3 is 2.65 bits per heavy atom. The van der Waals surface area contributed by atoms with Crippen molar-refractivity contribution in [2.75, 3.05) is 0 Å². The van der Waals surface area contributed by atoms with Gasteiger partial charge in [0.25, 0.3) is 0 Å². The molecule has 0 amide bonds. The molecule has 0 aliphatic heterocycles. The van der Waals surface area contributed by atoms with Crippen LogP contribution in [0, 0.1) is 11.3 Å². The van der Waals surface area contributed by atoms with Gasteiger partial charge in [-0.1, -0.05) is 23.9 Å². The number of aliphatic hydroxyl groups is 1. The van der Waals surface area contributed by atoms with E-state index in [1.165, 1.54) is 18.0 Å². The predicted molar refractivity (Wildman–Crippen MR) is 63.2 cm³/mol. The van der Waals surface area contributed by atoms with Crippen LogP contribution in [0.1, 0.15) is 11.1 Å². The second-order valence-electron chi connectivity index (χ2n) is 3.27. The molecule has 0 aliphatic rings. The molecule has 4 nitrogen and oxygen atoms in total. The molecule has 17 heavy (non-hydrogen) atoms. The molecule has 0 radical (unpaired) electrons. The normalized spacial score (nSPS) is 9.88. The highest BCUT2D eigenvalue weighted by atomic mass is 32.2. The molecule has 0 unspecified atom stereocenters. The average Bonchev–Trinajstić information content (AvgIpc) is 2.40. The first-order chi connectivity index (χ1) is 8.33. The molecular formula is C12H9N3OS. The van der Waals surface area contributed by atoms with Crippen molar-refractivity contribution in [3.63, 3.8) is 0 Å². The van der Waals surface area contributed by atoms with Crippen molar-refractivity contribution in [2.45, 2.75) is 16.5 Å². The summed E-state index contributed by atoms with van der Waals surface area (Å²) in [5.41, 5.74) is 1.37. The summed E-state index contributed by atoms with van der Waals surface area (Å²) in [6.45, 7) is 0.0273. The van der Waals surface area contributed by atoms with Crippen LogP contribution in [0.25, 0.3) is 0 Å². The van der Waals surface area contributed by atoms with Crippen LogP contribution >= 0.6 is 11.8 Å². The van der Waals surface area contributed by atoms with Crippen molar-refractivity contribution in [3.8, 4) is 6.07 Å². The fourth-order valence-corrected chi connectivity index (χ4v) is 2.06. The monoisotopic (exact) mass is 243 g/mol. The van der Waals surface area contributed by atoms with Gasteiger partial charge in [-0.25, -0.2) is 0 Å². The molecule has 1 aromatic heterocycles. The third-order valence-electron chi connectivity index (χ3n) is 2.13. The lowest BCUT2D eigenvalue weighted by molar-refractivity contribution is 0.282. The van der Waals surface area contributed by atoms with E-state index in [0.717, 1.165) is 10.5 Å². The summed E-state index contributed by atoms with van der Waals surface area (Å²) < 4.78 is 0. The second kappa shape index (κ2) is 5.43. The summed E-state index contributed by atoms with van der Waals surface area (Å²) in [4.78, 5) is 0.958.